The molecule has 2 aliphatic rings. The Morgan fingerprint density at radius 2 is 1.86 bits per heavy atom. The Morgan fingerprint density at radius 1 is 1.14 bits per heavy atom. The number of amidine groups is 3. The van der Waals surface area contributed by atoms with Gasteiger partial charge in [0, 0.05) is 0 Å². The zero-order valence-electron chi connectivity index (χ0n) is 18.8. The molecule has 0 fully saturated rings. The molecule has 9 nitrogen and oxygen atoms in total. The van der Waals surface area contributed by atoms with E-state index in [4.69, 9.17) is 26.5 Å². The van der Waals surface area contributed by atoms with E-state index in [1.807, 2.05) is 30.3 Å². The van der Waals surface area contributed by atoms with Crippen LogP contribution in [0.3, 0.4) is 0 Å². The molecule has 2 aliphatic heterocycles. The van der Waals surface area contributed by atoms with Gasteiger partial charge in [0.1, 0.15) is 30.5 Å². The number of halogens is 1. The molecular formula is C23H21ClN4O5S2. The number of hydrogen-bond donors (Lipinski definition) is 1. The predicted octanol–water partition coefficient (Wildman–Crippen LogP) is 4.20. The Kier molecular flexibility index (Phi) is 7.29. The number of hydrogen-bond acceptors (Lipinski definition) is 8. The molecule has 1 N–H and O–H groups in total. The smallest absolute Gasteiger partial charge is 0.283 e. The third-order valence-electron chi connectivity index (χ3n) is 4.99. The van der Waals surface area contributed by atoms with E-state index < -0.39 is 21.0 Å². The number of sulfone groups is 1. The van der Waals surface area contributed by atoms with Crippen LogP contribution in [0.4, 0.5) is 0 Å². The second kappa shape index (κ2) is 10.2. The second-order valence-electron chi connectivity index (χ2n) is 7.70. The van der Waals surface area contributed by atoms with E-state index in [0.29, 0.717) is 22.9 Å². The molecule has 35 heavy (non-hydrogen) atoms. The topological polar surface area (TPSA) is 121 Å². The number of benzene rings is 2. The highest BCUT2D eigenvalue weighted by molar-refractivity contribution is 8.16. The molecule has 2 aromatic rings. The maximum atomic E-state index is 12.7. The van der Waals surface area contributed by atoms with Crippen molar-refractivity contribution >= 4 is 61.5 Å². The SMILES string of the molecule is CC(C)S(=O)(=O)C1=NSC2=NC(=O)/C(=C\c3ccc(OCCOc4ccccc4)c(Cl)c3)C(=N)N21. The highest BCUT2D eigenvalue weighted by atomic mass is 35.5. The van der Waals surface area contributed by atoms with E-state index in [9.17, 15) is 13.2 Å². The van der Waals surface area contributed by atoms with E-state index in [-0.39, 0.29) is 28.4 Å². The van der Waals surface area contributed by atoms with Crippen LogP contribution in [0.25, 0.3) is 6.08 Å². The number of carbonyl (C=O) groups is 1. The number of aliphatic imine (C=N–C) groups is 1. The largest absolute Gasteiger partial charge is 0.490 e. The van der Waals surface area contributed by atoms with Gasteiger partial charge in [-0.3, -0.25) is 10.2 Å². The Labute approximate surface area is 212 Å². The van der Waals surface area contributed by atoms with Gasteiger partial charge in [-0.05, 0) is 49.8 Å². The lowest BCUT2D eigenvalue weighted by molar-refractivity contribution is -0.114. The fourth-order valence-electron chi connectivity index (χ4n) is 3.11. The summed E-state index contributed by atoms with van der Waals surface area (Å²) in [4.78, 5) is 17.6. The summed E-state index contributed by atoms with van der Waals surface area (Å²) in [5, 5.41) is 7.80. The number of rotatable bonds is 7. The first kappa shape index (κ1) is 25.0. The Morgan fingerprint density at radius 3 is 2.54 bits per heavy atom. The van der Waals surface area contributed by atoms with Gasteiger partial charge in [0.05, 0.1) is 27.8 Å². The average molecular weight is 533 g/mol. The molecule has 2 heterocycles. The summed E-state index contributed by atoms with van der Waals surface area (Å²) in [6.45, 7) is 3.64. The van der Waals surface area contributed by atoms with Crippen molar-refractivity contribution in [3.63, 3.8) is 0 Å². The zero-order valence-corrected chi connectivity index (χ0v) is 21.2. The molecule has 0 aliphatic carbocycles. The fraction of sp³-hybridized carbons (Fsp3) is 0.217. The Balaban J connectivity index is 1.48. The summed E-state index contributed by atoms with van der Waals surface area (Å²) in [5.41, 5.74) is 0.440. The lowest BCUT2D eigenvalue weighted by Crippen LogP contribution is -2.46. The third kappa shape index (κ3) is 5.26. The minimum Gasteiger partial charge on any atom is -0.490 e. The monoisotopic (exact) mass is 532 g/mol. The van der Waals surface area contributed by atoms with Crippen LogP contribution in [0, 0.1) is 5.41 Å². The zero-order chi connectivity index (χ0) is 25.2. The standard InChI is InChI=1S/C23H21ClN4O5S2/c1-14(2)35(30,31)23-27-34-22-26-21(29)17(20(25)28(22)23)12-15-8-9-19(18(24)13-15)33-11-10-32-16-6-4-3-5-7-16/h3-9,12-14,25H,10-11H2,1-2H3/b17-12-,25-20?. The van der Waals surface area contributed by atoms with Crippen molar-refractivity contribution in [2.45, 2.75) is 19.1 Å². The van der Waals surface area contributed by atoms with E-state index in [1.165, 1.54) is 19.9 Å². The first-order chi connectivity index (χ1) is 16.7. The van der Waals surface area contributed by atoms with Gasteiger partial charge in [0.15, 0.2) is 0 Å². The number of amides is 1. The Hall–Kier alpha value is -3.15. The van der Waals surface area contributed by atoms with Crippen LogP contribution in [0.1, 0.15) is 19.4 Å². The summed E-state index contributed by atoms with van der Waals surface area (Å²) < 4.78 is 40.6. The second-order valence-corrected chi connectivity index (χ2v) is 11.2. The molecule has 0 bridgehead atoms. The molecule has 182 valence electrons. The van der Waals surface area contributed by atoms with Gasteiger partial charge in [0.25, 0.3) is 5.91 Å². The number of nitrogens with one attached hydrogen (secondary N) is 1. The van der Waals surface area contributed by atoms with Gasteiger partial charge in [-0.2, -0.15) is 9.39 Å². The van der Waals surface area contributed by atoms with Gasteiger partial charge in [-0.1, -0.05) is 35.9 Å². The van der Waals surface area contributed by atoms with Gasteiger partial charge in [0.2, 0.25) is 20.2 Å². The van der Waals surface area contributed by atoms with Crippen molar-refractivity contribution in [2.75, 3.05) is 13.2 Å². The molecule has 1 amide bonds. The number of carbonyl (C=O) groups excluding carboxylic acids is 1. The highest BCUT2D eigenvalue weighted by Crippen LogP contribution is 2.32. The van der Waals surface area contributed by atoms with Gasteiger partial charge in [-0.15, -0.1) is 0 Å². The fourth-order valence-corrected chi connectivity index (χ4v) is 5.42. The third-order valence-corrected chi connectivity index (χ3v) is 8.13. The molecule has 4 rings (SSSR count). The van der Waals surface area contributed by atoms with Crippen LogP contribution in [0.15, 0.2) is 63.5 Å². The molecule has 12 heteroatoms. The predicted molar refractivity (Wildman–Crippen MR) is 138 cm³/mol. The van der Waals surface area contributed by atoms with E-state index in [2.05, 4.69) is 9.39 Å². The number of nitrogens with zero attached hydrogens (tertiary/aromatic N) is 3. The van der Waals surface area contributed by atoms with Crippen molar-refractivity contribution < 1.29 is 22.7 Å². The molecule has 0 unspecified atom stereocenters. The molecule has 0 spiro atoms. The normalized spacial score (nSPS) is 16.9. The van der Waals surface area contributed by atoms with Crippen LogP contribution in [-0.2, 0) is 14.6 Å². The molecule has 0 aromatic heterocycles. The maximum Gasteiger partial charge on any atom is 0.283 e. The number of ether oxygens (including phenoxy) is 2. The van der Waals surface area contributed by atoms with E-state index in [0.717, 1.165) is 22.6 Å². The maximum absolute atomic E-state index is 12.7. The van der Waals surface area contributed by atoms with Crippen molar-refractivity contribution in [1.29, 1.82) is 5.41 Å². The van der Waals surface area contributed by atoms with Crippen molar-refractivity contribution in [3.8, 4) is 11.5 Å². The van der Waals surface area contributed by atoms with E-state index >= 15 is 0 Å². The van der Waals surface area contributed by atoms with E-state index in [1.54, 1.807) is 18.2 Å². The van der Waals surface area contributed by atoms with Crippen LogP contribution < -0.4 is 9.47 Å². The highest BCUT2D eigenvalue weighted by Gasteiger charge is 2.43. The van der Waals surface area contributed by atoms with Crippen LogP contribution in [0.2, 0.25) is 5.02 Å². The number of para-hydroxylation sites is 1. The summed E-state index contributed by atoms with van der Waals surface area (Å²) in [5.74, 6) is 0.189. The quantitative estimate of drug-likeness (QED) is 0.322. The summed E-state index contributed by atoms with van der Waals surface area (Å²) >= 11 is 7.10. The summed E-state index contributed by atoms with van der Waals surface area (Å²) in [6.07, 6.45) is 1.43. The van der Waals surface area contributed by atoms with Gasteiger partial charge < -0.3 is 9.47 Å². The van der Waals surface area contributed by atoms with Crippen molar-refractivity contribution in [1.82, 2.24) is 4.90 Å². The Bertz CT molecular complexity index is 1370. The molecule has 2 aromatic carbocycles. The van der Waals surface area contributed by atoms with Crippen LogP contribution in [-0.4, -0.2) is 53.9 Å². The lowest BCUT2D eigenvalue weighted by atomic mass is 10.1. The molecule has 0 saturated carbocycles. The molecular weight excluding hydrogens is 512 g/mol. The summed E-state index contributed by atoms with van der Waals surface area (Å²) in [7, 11) is -3.79. The minimum absolute atomic E-state index is 0.0378. The average Bonchev–Trinajstić information content (AvgIpc) is 3.26. The minimum atomic E-state index is -3.79. The first-order valence-corrected chi connectivity index (χ1v) is 13.2. The molecule has 0 radical (unpaired) electrons. The number of fused-ring (bicyclic) bond motifs is 1. The lowest BCUT2D eigenvalue weighted by Gasteiger charge is -2.25. The van der Waals surface area contributed by atoms with Crippen LogP contribution in [0.5, 0.6) is 11.5 Å². The van der Waals surface area contributed by atoms with Crippen LogP contribution >= 0.6 is 23.5 Å². The first-order valence-electron chi connectivity index (χ1n) is 10.5. The van der Waals surface area contributed by atoms with Crippen molar-refractivity contribution in [3.05, 3.63) is 64.7 Å². The van der Waals surface area contributed by atoms with Gasteiger partial charge in [-0.25, -0.2) is 13.3 Å². The molecule has 0 atom stereocenters. The molecule has 0 saturated heterocycles. The van der Waals surface area contributed by atoms with Gasteiger partial charge >= 0.3 is 0 Å². The van der Waals surface area contributed by atoms with Crippen molar-refractivity contribution in [2.24, 2.45) is 9.39 Å². The summed E-state index contributed by atoms with van der Waals surface area (Å²) in [6, 6.07) is 14.2.